The first kappa shape index (κ1) is 12.7. The maximum absolute atomic E-state index is 5.74. The average molecular weight is 356 g/mol. The number of benzene rings is 1. The third kappa shape index (κ3) is 3.35. The summed E-state index contributed by atoms with van der Waals surface area (Å²) in [6.07, 6.45) is 0. The largest absolute Gasteiger partial charge is 0.399 e. The molecule has 0 fully saturated rings. The van der Waals surface area contributed by atoms with E-state index < -0.39 is 0 Å². The van der Waals surface area contributed by atoms with E-state index in [0.717, 1.165) is 20.0 Å². The van der Waals surface area contributed by atoms with E-state index >= 15 is 0 Å². The minimum absolute atomic E-state index is 0.798. The molecule has 1 aromatic carbocycles. The number of nitrogens with two attached hydrogens (primary N) is 1. The number of hydrogen-bond acceptors (Lipinski definition) is 3. The molecular weight excluding hydrogens is 343 g/mol. The van der Waals surface area contributed by atoms with E-state index in [-0.39, 0.29) is 0 Å². The first-order valence-corrected chi connectivity index (χ1v) is 7.12. The van der Waals surface area contributed by atoms with Gasteiger partial charge in [-0.2, -0.15) is 0 Å². The van der Waals surface area contributed by atoms with Crippen molar-refractivity contribution in [2.24, 2.45) is 0 Å². The van der Waals surface area contributed by atoms with E-state index in [9.17, 15) is 0 Å². The zero-order chi connectivity index (χ0) is 12.4. The van der Waals surface area contributed by atoms with Crippen molar-refractivity contribution in [1.82, 2.24) is 4.98 Å². The molecule has 0 spiro atoms. The highest BCUT2D eigenvalue weighted by molar-refractivity contribution is 14.1. The van der Waals surface area contributed by atoms with Crippen LogP contribution in [0.15, 0.2) is 40.3 Å². The lowest BCUT2D eigenvalue weighted by atomic mass is 10.3. The lowest BCUT2D eigenvalue weighted by Gasteiger charge is -2.06. The van der Waals surface area contributed by atoms with Crippen LogP contribution in [-0.2, 0) is 0 Å². The molecular formula is C13H13IN2S. The first-order chi connectivity index (χ1) is 8.04. The molecule has 17 heavy (non-hydrogen) atoms. The van der Waals surface area contributed by atoms with Crippen molar-refractivity contribution in [3.63, 3.8) is 0 Å². The third-order valence-corrected chi connectivity index (χ3v) is 4.50. The van der Waals surface area contributed by atoms with Gasteiger partial charge in [-0.15, -0.1) is 0 Å². The van der Waals surface area contributed by atoms with Crippen LogP contribution in [0.1, 0.15) is 11.3 Å². The standard InChI is InChI=1S/C13H13IN2S/c1-8-5-9(2)16-13(6-8)17-12-4-3-10(15)7-11(12)14/h3-7H,15H2,1-2H3. The van der Waals surface area contributed by atoms with Gasteiger partial charge in [-0.3, -0.25) is 0 Å². The molecule has 4 heteroatoms. The highest BCUT2D eigenvalue weighted by Gasteiger charge is 2.05. The minimum atomic E-state index is 0.798. The first-order valence-electron chi connectivity index (χ1n) is 5.23. The van der Waals surface area contributed by atoms with Crippen LogP contribution >= 0.6 is 34.4 Å². The van der Waals surface area contributed by atoms with Gasteiger partial charge in [0.1, 0.15) is 5.03 Å². The highest BCUT2D eigenvalue weighted by Crippen LogP contribution is 2.31. The Bertz CT molecular complexity index is 535. The Morgan fingerprint density at radius 2 is 1.94 bits per heavy atom. The molecule has 0 aliphatic heterocycles. The van der Waals surface area contributed by atoms with Gasteiger partial charge in [-0.25, -0.2) is 4.98 Å². The summed E-state index contributed by atoms with van der Waals surface area (Å²) in [5.74, 6) is 0. The fourth-order valence-corrected chi connectivity index (χ4v) is 3.39. The van der Waals surface area contributed by atoms with Gasteiger partial charge in [0.05, 0.1) is 0 Å². The average Bonchev–Trinajstić information content (AvgIpc) is 2.21. The van der Waals surface area contributed by atoms with Crippen LogP contribution < -0.4 is 5.73 Å². The van der Waals surface area contributed by atoms with Gasteiger partial charge in [0.15, 0.2) is 0 Å². The minimum Gasteiger partial charge on any atom is -0.399 e. The number of aromatic nitrogens is 1. The van der Waals surface area contributed by atoms with Crippen molar-refractivity contribution in [3.05, 3.63) is 45.2 Å². The molecule has 0 atom stereocenters. The molecule has 2 nitrogen and oxygen atoms in total. The van der Waals surface area contributed by atoms with Gasteiger partial charge in [0, 0.05) is 19.8 Å². The molecule has 0 amide bonds. The Balaban J connectivity index is 2.31. The van der Waals surface area contributed by atoms with E-state index in [4.69, 9.17) is 5.73 Å². The Kier molecular flexibility index (Phi) is 3.93. The summed E-state index contributed by atoms with van der Waals surface area (Å²) >= 11 is 3.98. The molecule has 0 unspecified atom stereocenters. The summed E-state index contributed by atoms with van der Waals surface area (Å²) in [6, 6.07) is 10.1. The normalized spacial score (nSPS) is 10.5. The summed E-state index contributed by atoms with van der Waals surface area (Å²) in [4.78, 5) is 5.71. The van der Waals surface area contributed by atoms with E-state index in [1.807, 2.05) is 25.1 Å². The number of pyridine rings is 1. The second kappa shape index (κ2) is 5.27. The maximum Gasteiger partial charge on any atom is 0.101 e. The second-order valence-corrected chi connectivity index (χ2v) is 6.14. The molecule has 88 valence electrons. The van der Waals surface area contributed by atoms with Gasteiger partial charge in [-0.05, 0) is 72.3 Å². The van der Waals surface area contributed by atoms with Crippen molar-refractivity contribution >= 4 is 40.0 Å². The lowest BCUT2D eigenvalue weighted by Crippen LogP contribution is -1.89. The molecule has 1 heterocycles. The van der Waals surface area contributed by atoms with Crippen molar-refractivity contribution in [3.8, 4) is 0 Å². The number of halogens is 1. The van der Waals surface area contributed by atoms with Crippen LogP contribution in [0.5, 0.6) is 0 Å². The van der Waals surface area contributed by atoms with Crippen LogP contribution in [0.4, 0.5) is 5.69 Å². The molecule has 0 aliphatic carbocycles. The van der Waals surface area contributed by atoms with E-state index in [1.165, 1.54) is 10.5 Å². The number of nitrogens with zero attached hydrogens (tertiary/aromatic N) is 1. The summed E-state index contributed by atoms with van der Waals surface area (Å²) < 4.78 is 1.16. The third-order valence-electron chi connectivity index (χ3n) is 2.24. The predicted octanol–water partition coefficient (Wildman–Crippen LogP) is 4.04. The topological polar surface area (TPSA) is 38.9 Å². The van der Waals surface area contributed by atoms with Crippen LogP contribution in [0, 0.1) is 17.4 Å². The molecule has 2 N–H and O–H groups in total. The number of anilines is 1. The predicted molar refractivity (Wildman–Crippen MR) is 81.4 cm³/mol. The quantitative estimate of drug-likeness (QED) is 0.652. The summed E-state index contributed by atoms with van der Waals surface area (Å²) in [5.41, 5.74) is 8.83. The summed E-state index contributed by atoms with van der Waals surface area (Å²) in [5, 5.41) is 1.03. The van der Waals surface area contributed by atoms with Gasteiger partial charge in [0.2, 0.25) is 0 Å². The van der Waals surface area contributed by atoms with E-state index in [0.29, 0.717) is 0 Å². The zero-order valence-electron chi connectivity index (χ0n) is 9.70. The van der Waals surface area contributed by atoms with Crippen LogP contribution in [0.3, 0.4) is 0 Å². The molecule has 0 aliphatic rings. The summed E-state index contributed by atoms with van der Waals surface area (Å²) in [7, 11) is 0. The van der Waals surface area contributed by atoms with Gasteiger partial charge in [0.25, 0.3) is 0 Å². The van der Waals surface area contributed by atoms with Crippen LogP contribution in [0.2, 0.25) is 0 Å². The molecule has 2 rings (SSSR count). The molecule has 1 aromatic heterocycles. The molecule has 0 saturated heterocycles. The Labute approximate surface area is 119 Å². The van der Waals surface area contributed by atoms with Crippen LogP contribution in [-0.4, -0.2) is 4.98 Å². The Morgan fingerprint density at radius 1 is 1.18 bits per heavy atom. The van der Waals surface area contributed by atoms with Gasteiger partial charge < -0.3 is 5.73 Å². The SMILES string of the molecule is Cc1cc(C)nc(Sc2ccc(N)cc2I)c1. The van der Waals surface area contributed by atoms with E-state index in [2.05, 4.69) is 46.6 Å². The van der Waals surface area contributed by atoms with Crippen LogP contribution in [0.25, 0.3) is 0 Å². The van der Waals surface area contributed by atoms with Gasteiger partial charge >= 0.3 is 0 Å². The smallest absolute Gasteiger partial charge is 0.101 e. The highest BCUT2D eigenvalue weighted by atomic mass is 127. The fraction of sp³-hybridized carbons (Fsp3) is 0.154. The monoisotopic (exact) mass is 356 g/mol. The number of aryl methyl sites for hydroxylation is 2. The van der Waals surface area contributed by atoms with Crippen molar-refractivity contribution in [2.75, 3.05) is 5.73 Å². The Hall–Kier alpha value is -0.750. The number of rotatable bonds is 2. The number of nitrogen functional groups attached to an aromatic ring is 1. The van der Waals surface area contributed by atoms with Crippen molar-refractivity contribution in [1.29, 1.82) is 0 Å². The van der Waals surface area contributed by atoms with Gasteiger partial charge in [-0.1, -0.05) is 11.8 Å². The lowest BCUT2D eigenvalue weighted by molar-refractivity contribution is 1.05. The molecule has 0 bridgehead atoms. The van der Waals surface area contributed by atoms with Crippen molar-refractivity contribution in [2.45, 2.75) is 23.8 Å². The zero-order valence-corrected chi connectivity index (χ0v) is 12.7. The van der Waals surface area contributed by atoms with Crippen molar-refractivity contribution < 1.29 is 0 Å². The Morgan fingerprint density at radius 3 is 2.59 bits per heavy atom. The molecule has 0 saturated carbocycles. The molecule has 2 aromatic rings. The van der Waals surface area contributed by atoms with E-state index in [1.54, 1.807) is 11.8 Å². The fourth-order valence-electron chi connectivity index (χ4n) is 1.57. The number of hydrogen-bond donors (Lipinski definition) is 1. The second-order valence-electron chi connectivity index (χ2n) is 3.92. The molecule has 0 radical (unpaired) electrons. The summed E-state index contributed by atoms with van der Waals surface area (Å²) in [6.45, 7) is 4.11. The maximum atomic E-state index is 5.74.